The van der Waals surface area contributed by atoms with E-state index in [4.69, 9.17) is 13.7 Å². The van der Waals surface area contributed by atoms with E-state index in [1.807, 2.05) is 0 Å². The summed E-state index contributed by atoms with van der Waals surface area (Å²) in [6.07, 6.45) is 5.81. The number of sulfonamides is 1. The Bertz CT molecular complexity index is 1250. The van der Waals surface area contributed by atoms with Crippen molar-refractivity contribution in [3.8, 4) is 5.75 Å². The number of furan rings is 1. The highest BCUT2D eigenvalue weighted by Crippen LogP contribution is 2.30. The van der Waals surface area contributed by atoms with Gasteiger partial charge in [-0.15, -0.1) is 0 Å². The molecule has 3 heterocycles. The third-order valence-corrected chi connectivity index (χ3v) is 7.49. The van der Waals surface area contributed by atoms with Crippen LogP contribution in [0.5, 0.6) is 5.75 Å². The van der Waals surface area contributed by atoms with Gasteiger partial charge in [-0.1, -0.05) is 11.2 Å². The second-order valence-corrected chi connectivity index (χ2v) is 9.61. The van der Waals surface area contributed by atoms with Gasteiger partial charge in [-0.05, 0) is 56.2 Å². The summed E-state index contributed by atoms with van der Waals surface area (Å²) in [6.45, 7) is 1.97. The maximum Gasteiger partial charge on any atom is 0.248 e. The molecule has 1 fully saturated rings. The number of benzene rings is 1. The maximum absolute atomic E-state index is 13.5. The number of carbonyl (C=O) groups excluding carboxylic acids is 1. The van der Waals surface area contributed by atoms with Crippen molar-refractivity contribution < 1.29 is 26.9 Å². The predicted molar refractivity (Wildman–Crippen MR) is 122 cm³/mol. The van der Waals surface area contributed by atoms with E-state index in [0.717, 1.165) is 0 Å². The van der Waals surface area contributed by atoms with E-state index in [0.29, 0.717) is 36.6 Å². The lowest BCUT2D eigenvalue weighted by Crippen LogP contribution is -2.43. The number of ether oxygens (including phenoxy) is 1. The minimum absolute atomic E-state index is 0.000778. The van der Waals surface area contributed by atoms with Crippen LogP contribution in [-0.4, -0.2) is 44.0 Å². The van der Waals surface area contributed by atoms with Gasteiger partial charge in [-0.25, -0.2) is 8.42 Å². The van der Waals surface area contributed by atoms with Gasteiger partial charge in [0.1, 0.15) is 17.2 Å². The Labute approximate surface area is 192 Å². The Morgan fingerprint density at radius 3 is 2.88 bits per heavy atom. The van der Waals surface area contributed by atoms with Gasteiger partial charge in [0, 0.05) is 24.8 Å². The molecule has 0 spiro atoms. The smallest absolute Gasteiger partial charge is 0.248 e. The number of nitrogens with zero attached hydrogens (tertiary/aromatic N) is 2. The Hall–Kier alpha value is -3.37. The molecule has 0 unspecified atom stereocenters. The zero-order valence-corrected chi connectivity index (χ0v) is 19.2. The molecule has 0 aliphatic carbocycles. The summed E-state index contributed by atoms with van der Waals surface area (Å²) >= 11 is 0. The molecule has 9 nitrogen and oxygen atoms in total. The molecule has 2 aromatic heterocycles. The van der Waals surface area contributed by atoms with Gasteiger partial charge in [0.2, 0.25) is 15.9 Å². The van der Waals surface area contributed by atoms with Crippen molar-refractivity contribution in [1.29, 1.82) is 0 Å². The third kappa shape index (κ3) is 5.01. The van der Waals surface area contributed by atoms with Gasteiger partial charge in [-0.2, -0.15) is 4.31 Å². The van der Waals surface area contributed by atoms with Crippen LogP contribution in [0.25, 0.3) is 12.2 Å². The molecular weight excluding hydrogens is 446 g/mol. The highest BCUT2D eigenvalue weighted by molar-refractivity contribution is 7.89. The van der Waals surface area contributed by atoms with Crippen LogP contribution in [0.4, 0.5) is 5.69 Å². The first-order chi connectivity index (χ1) is 15.9. The molecule has 1 amide bonds. The summed E-state index contributed by atoms with van der Waals surface area (Å²) in [6, 6.07) is 10.5. The molecule has 10 heteroatoms. The summed E-state index contributed by atoms with van der Waals surface area (Å²) in [5.74, 6) is 0.579. The molecule has 0 saturated carbocycles. The Kier molecular flexibility index (Phi) is 6.66. The van der Waals surface area contributed by atoms with Crippen LogP contribution in [0.1, 0.15) is 30.1 Å². The van der Waals surface area contributed by atoms with Crippen molar-refractivity contribution in [2.24, 2.45) is 5.92 Å². The number of carbonyl (C=O) groups is 1. The van der Waals surface area contributed by atoms with Gasteiger partial charge in [0.15, 0.2) is 10.7 Å². The average Bonchev–Trinajstić information content (AvgIpc) is 3.47. The van der Waals surface area contributed by atoms with Gasteiger partial charge < -0.3 is 19.0 Å². The number of nitrogens with one attached hydrogen (secondary N) is 1. The lowest BCUT2D eigenvalue weighted by molar-refractivity contribution is -0.120. The topological polar surface area (TPSA) is 115 Å². The third-order valence-electron chi connectivity index (χ3n) is 5.47. The van der Waals surface area contributed by atoms with Crippen LogP contribution in [0.2, 0.25) is 0 Å². The monoisotopic (exact) mass is 471 g/mol. The van der Waals surface area contributed by atoms with Crippen LogP contribution in [0.3, 0.4) is 0 Å². The quantitative estimate of drug-likeness (QED) is 0.557. The fourth-order valence-corrected chi connectivity index (χ4v) is 5.57. The zero-order valence-electron chi connectivity index (χ0n) is 18.4. The number of hydrogen-bond acceptors (Lipinski definition) is 7. The molecular formula is C23H25N3O6S. The number of anilines is 1. The first-order valence-electron chi connectivity index (χ1n) is 10.5. The minimum atomic E-state index is -3.93. The van der Waals surface area contributed by atoms with Crippen molar-refractivity contribution >= 4 is 33.8 Å². The summed E-state index contributed by atoms with van der Waals surface area (Å²) in [4.78, 5) is 12.9. The van der Waals surface area contributed by atoms with Gasteiger partial charge in [0.05, 0.1) is 19.3 Å². The van der Waals surface area contributed by atoms with Crippen molar-refractivity contribution in [2.75, 3.05) is 25.5 Å². The molecule has 3 aromatic rings. The molecule has 1 N–H and O–H groups in total. The maximum atomic E-state index is 13.5. The first kappa shape index (κ1) is 22.8. The van der Waals surface area contributed by atoms with Gasteiger partial charge in [-0.3, -0.25) is 4.79 Å². The summed E-state index contributed by atoms with van der Waals surface area (Å²) < 4.78 is 44.0. The Morgan fingerprint density at radius 2 is 2.12 bits per heavy atom. The fraction of sp³-hybridized carbons (Fsp3) is 0.304. The average molecular weight is 472 g/mol. The number of methoxy groups -OCH3 is 1. The normalized spacial score (nSPS) is 17.3. The molecule has 1 saturated heterocycles. The molecule has 1 atom stereocenters. The molecule has 1 aliphatic rings. The summed E-state index contributed by atoms with van der Waals surface area (Å²) in [5, 5.41) is 6.71. The van der Waals surface area contributed by atoms with E-state index >= 15 is 0 Å². The standard InChI is InChI=1S/C23H25N3O6S/c1-16-22(21(32-25-16)11-10-19-9-5-13-31-19)33(28,29)26-12-4-6-17(15-26)23(27)24-18-7-3-8-20(14-18)30-2/h3,5,7-11,13-14,17H,4,6,12,15H2,1-2H3,(H,24,27)/b11-10+/t17-/m0/s1. The van der Waals surface area contributed by atoms with Gasteiger partial charge in [0.25, 0.3) is 0 Å². The van der Waals surface area contributed by atoms with Crippen molar-refractivity contribution in [3.63, 3.8) is 0 Å². The van der Waals surface area contributed by atoms with E-state index in [-0.39, 0.29) is 28.8 Å². The van der Waals surface area contributed by atoms with E-state index in [2.05, 4.69) is 10.5 Å². The second kappa shape index (κ2) is 9.63. The van der Waals surface area contributed by atoms with Crippen molar-refractivity contribution in [1.82, 2.24) is 9.46 Å². The fourth-order valence-electron chi connectivity index (χ4n) is 3.79. The molecule has 174 valence electrons. The van der Waals surface area contributed by atoms with Crippen molar-refractivity contribution in [2.45, 2.75) is 24.7 Å². The van der Waals surface area contributed by atoms with Crippen LogP contribution in [0.15, 0.2) is 56.5 Å². The molecule has 4 rings (SSSR count). The number of aromatic nitrogens is 1. The Balaban J connectivity index is 1.52. The second-order valence-electron chi connectivity index (χ2n) is 7.73. The lowest BCUT2D eigenvalue weighted by Gasteiger charge is -2.31. The largest absolute Gasteiger partial charge is 0.497 e. The Morgan fingerprint density at radius 1 is 1.27 bits per heavy atom. The molecule has 0 radical (unpaired) electrons. The molecule has 1 aromatic carbocycles. The van der Waals surface area contributed by atoms with E-state index < -0.39 is 15.9 Å². The van der Waals surface area contributed by atoms with E-state index in [1.165, 1.54) is 16.6 Å². The zero-order chi connectivity index (χ0) is 23.4. The van der Waals surface area contributed by atoms with Crippen LogP contribution in [0, 0.1) is 12.8 Å². The van der Waals surface area contributed by atoms with Gasteiger partial charge >= 0.3 is 0 Å². The van der Waals surface area contributed by atoms with E-state index in [9.17, 15) is 13.2 Å². The first-order valence-corrected chi connectivity index (χ1v) is 12.0. The number of piperidine rings is 1. The number of aryl methyl sites for hydroxylation is 1. The van der Waals surface area contributed by atoms with Crippen molar-refractivity contribution in [3.05, 3.63) is 59.9 Å². The summed E-state index contributed by atoms with van der Waals surface area (Å²) in [5.41, 5.74) is 0.858. The van der Waals surface area contributed by atoms with Crippen LogP contribution >= 0.6 is 0 Å². The predicted octanol–water partition coefficient (Wildman–Crippen LogP) is 3.79. The van der Waals surface area contributed by atoms with Crippen LogP contribution < -0.4 is 10.1 Å². The molecule has 0 bridgehead atoms. The SMILES string of the molecule is COc1cccc(NC(=O)[C@H]2CCCN(S(=O)(=O)c3c(C)noc3/C=C/c3ccco3)C2)c1. The summed E-state index contributed by atoms with van der Waals surface area (Å²) in [7, 11) is -2.37. The minimum Gasteiger partial charge on any atom is -0.497 e. The number of rotatable bonds is 7. The van der Waals surface area contributed by atoms with Crippen LogP contribution in [-0.2, 0) is 14.8 Å². The number of hydrogen-bond donors (Lipinski definition) is 1. The number of amides is 1. The molecule has 33 heavy (non-hydrogen) atoms. The molecule has 1 aliphatic heterocycles. The highest BCUT2D eigenvalue weighted by atomic mass is 32.2. The lowest BCUT2D eigenvalue weighted by atomic mass is 9.98. The highest BCUT2D eigenvalue weighted by Gasteiger charge is 2.37. The van der Waals surface area contributed by atoms with E-state index in [1.54, 1.807) is 56.5 Å².